The predicted molar refractivity (Wildman–Crippen MR) is 71.2 cm³/mol. The Labute approximate surface area is 114 Å². The van der Waals surface area contributed by atoms with E-state index in [2.05, 4.69) is 5.32 Å². The van der Waals surface area contributed by atoms with Crippen molar-refractivity contribution in [1.29, 1.82) is 0 Å². The van der Waals surface area contributed by atoms with Crippen molar-refractivity contribution in [3.8, 4) is 0 Å². The molecule has 2 aliphatic heterocycles. The van der Waals surface area contributed by atoms with Crippen LogP contribution in [0.4, 0.5) is 0 Å². The maximum Gasteiger partial charge on any atom is 0.238 e. The van der Waals surface area contributed by atoms with E-state index in [1.54, 1.807) is 0 Å². The molecule has 6 nitrogen and oxygen atoms in total. The van der Waals surface area contributed by atoms with Crippen LogP contribution in [0.3, 0.4) is 0 Å². The molecule has 0 saturated carbocycles. The Hall–Kier alpha value is -0.660. The number of rotatable bonds is 4. The van der Waals surface area contributed by atoms with Crippen LogP contribution in [0.5, 0.6) is 0 Å². The van der Waals surface area contributed by atoms with Crippen LogP contribution >= 0.6 is 0 Å². The molecule has 1 amide bonds. The van der Waals surface area contributed by atoms with Crippen molar-refractivity contribution in [2.24, 2.45) is 0 Å². The molecule has 2 rings (SSSR count). The van der Waals surface area contributed by atoms with Gasteiger partial charge in [0.25, 0.3) is 0 Å². The first-order valence-corrected chi connectivity index (χ1v) is 8.69. The lowest BCUT2D eigenvalue weighted by molar-refractivity contribution is -0.126. The zero-order valence-electron chi connectivity index (χ0n) is 11.3. The molecule has 0 aliphatic carbocycles. The normalized spacial score (nSPS) is 29.3. The molecule has 0 bridgehead atoms. The predicted octanol–water partition coefficient (Wildman–Crippen LogP) is 0.0957. The fraction of sp³-hybridized carbons (Fsp3) is 0.917. The summed E-state index contributed by atoms with van der Waals surface area (Å²) in [5, 5.41) is 2.83. The van der Waals surface area contributed by atoms with Gasteiger partial charge in [0.1, 0.15) is 6.04 Å². The molecule has 2 unspecified atom stereocenters. The summed E-state index contributed by atoms with van der Waals surface area (Å²) in [5.74, 6) is -0.194. The summed E-state index contributed by atoms with van der Waals surface area (Å²) in [6.45, 7) is 1.67. The van der Waals surface area contributed by atoms with Gasteiger partial charge in [-0.2, -0.15) is 4.31 Å². The molecule has 0 radical (unpaired) electrons. The molecule has 0 spiro atoms. The Morgan fingerprint density at radius 2 is 2.11 bits per heavy atom. The van der Waals surface area contributed by atoms with E-state index >= 15 is 0 Å². The number of carbonyl (C=O) groups excluding carboxylic acids is 1. The van der Waals surface area contributed by atoms with Crippen LogP contribution in [0.25, 0.3) is 0 Å². The molecular weight excluding hydrogens is 268 g/mol. The van der Waals surface area contributed by atoms with E-state index in [1.807, 2.05) is 0 Å². The van der Waals surface area contributed by atoms with Gasteiger partial charge in [-0.15, -0.1) is 0 Å². The second-order valence-corrected chi connectivity index (χ2v) is 7.20. The first-order valence-electron chi connectivity index (χ1n) is 6.84. The van der Waals surface area contributed by atoms with Crippen LogP contribution in [0, 0.1) is 0 Å². The number of ether oxygens (including phenoxy) is 1. The lowest BCUT2D eigenvalue weighted by atomic mass is 10.0. The second-order valence-electron chi connectivity index (χ2n) is 5.27. The van der Waals surface area contributed by atoms with E-state index < -0.39 is 16.1 Å². The summed E-state index contributed by atoms with van der Waals surface area (Å²) in [7, 11) is -3.32. The minimum Gasteiger partial charge on any atom is -0.376 e. The summed E-state index contributed by atoms with van der Waals surface area (Å²) in [5.41, 5.74) is 0. The molecule has 110 valence electrons. The number of carbonyl (C=O) groups is 1. The zero-order chi connectivity index (χ0) is 13.9. The van der Waals surface area contributed by atoms with E-state index in [9.17, 15) is 13.2 Å². The molecule has 19 heavy (non-hydrogen) atoms. The number of nitrogens with one attached hydrogen (secondary N) is 1. The number of hydrogen-bond donors (Lipinski definition) is 1. The van der Waals surface area contributed by atoms with Crippen molar-refractivity contribution in [3.05, 3.63) is 0 Å². The first kappa shape index (κ1) is 14.7. The molecule has 2 fully saturated rings. The highest BCUT2D eigenvalue weighted by Crippen LogP contribution is 2.20. The van der Waals surface area contributed by atoms with Gasteiger partial charge in [0.15, 0.2) is 0 Å². The maximum atomic E-state index is 12.1. The summed E-state index contributed by atoms with van der Waals surface area (Å²) in [6.07, 6.45) is 5.55. The summed E-state index contributed by atoms with van der Waals surface area (Å²) >= 11 is 0. The molecule has 0 aromatic rings. The second kappa shape index (κ2) is 6.19. The largest absolute Gasteiger partial charge is 0.376 e. The van der Waals surface area contributed by atoms with Crippen molar-refractivity contribution in [2.45, 2.75) is 44.2 Å². The van der Waals surface area contributed by atoms with Crippen LogP contribution in [0.2, 0.25) is 0 Å². The summed E-state index contributed by atoms with van der Waals surface area (Å²) < 4.78 is 30.1. The van der Waals surface area contributed by atoms with Gasteiger partial charge in [0.2, 0.25) is 15.9 Å². The van der Waals surface area contributed by atoms with E-state index in [0.29, 0.717) is 19.5 Å². The van der Waals surface area contributed by atoms with Gasteiger partial charge in [-0.25, -0.2) is 8.42 Å². The highest BCUT2D eigenvalue weighted by atomic mass is 32.2. The van der Waals surface area contributed by atoms with Crippen molar-refractivity contribution in [2.75, 3.05) is 26.0 Å². The molecule has 2 heterocycles. The Morgan fingerprint density at radius 1 is 1.32 bits per heavy atom. The fourth-order valence-electron chi connectivity index (χ4n) is 2.70. The smallest absolute Gasteiger partial charge is 0.238 e. The van der Waals surface area contributed by atoms with E-state index in [1.165, 1.54) is 10.6 Å². The van der Waals surface area contributed by atoms with Gasteiger partial charge >= 0.3 is 0 Å². The number of hydrogen-bond acceptors (Lipinski definition) is 4. The number of amides is 1. The Morgan fingerprint density at radius 3 is 2.74 bits per heavy atom. The molecule has 0 aromatic carbocycles. The van der Waals surface area contributed by atoms with Crippen LogP contribution in [0.1, 0.15) is 32.1 Å². The van der Waals surface area contributed by atoms with E-state index in [0.717, 1.165) is 32.3 Å². The minimum atomic E-state index is -3.32. The monoisotopic (exact) mass is 290 g/mol. The van der Waals surface area contributed by atoms with Crippen molar-refractivity contribution >= 4 is 15.9 Å². The van der Waals surface area contributed by atoms with Crippen LogP contribution in [0.15, 0.2) is 0 Å². The van der Waals surface area contributed by atoms with Crippen LogP contribution < -0.4 is 5.32 Å². The van der Waals surface area contributed by atoms with Gasteiger partial charge in [-0.3, -0.25) is 4.79 Å². The Bertz CT molecular complexity index is 417. The highest BCUT2D eigenvalue weighted by molar-refractivity contribution is 7.88. The minimum absolute atomic E-state index is 0.0826. The Kier molecular flexibility index (Phi) is 4.81. The molecule has 2 atom stereocenters. The van der Waals surface area contributed by atoms with Gasteiger partial charge in [-0.1, -0.05) is 6.42 Å². The molecule has 2 saturated heterocycles. The van der Waals surface area contributed by atoms with Crippen LogP contribution in [-0.4, -0.2) is 56.7 Å². The summed E-state index contributed by atoms with van der Waals surface area (Å²) in [4.78, 5) is 12.1. The topological polar surface area (TPSA) is 75.7 Å². The third-order valence-corrected chi connectivity index (χ3v) is 5.00. The molecule has 7 heteroatoms. The van der Waals surface area contributed by atoms with Gasteiger partial charge in [0, 0.05) is 19.7 Å². The van der Waals surface area contributed by atoms with Gasteiger partial charge in [0.05, 0.1) is 12.4 Å². The average molecular weight is 290 g/mol. The highest BCUT2D eigenvalue weighted by Gasteiger charge is 2.34. The quantitative estimate of drug-likeness (QED) is 0.796. The third kappa shape index (κ3) is 3.90. The van der Waals surface area contributed by atoms with Crippen LogP contribution in [-0.2, 0) is 19.6 Å². The third-order valence-electron chi connectivity index (χ3n) is 3.71. The zero-order valence-corrected chi connectivity index (χ0v) is 12.1. The van der Waals surface area contributed by atoms with Gasteiger partial charge < -0.3 is 10.1 Å². The molecule has 2 aliphatic rings. The number of sulfonamides is 1. The lowest BCUT2D eigenvalue weighted by Gasteiger charge is -2.32. The molecule has 0 aromatic heterocycles. The average Bonchev–Trinajstić information content (AvgIpc) is 2.88. The molecular formula is C12H22N2O4S. The lowest BCUT2D eigenvalue weighted by Crippen LogP contribution is -2.52. The Balaban J connectivity index is 1.91. The molecule has 1 N–H and O–H groups in total. The number of nitrogens with zero attached hydrogens (tertiary/aromatic N) is 1. The van der Waals surface area contributed by atoms with Crippen molar-refractivity contribution < 1.29 is 17.9 Å². The maximum absolute atomic E-state index is 12.1. The SMILES string of the molecule is CS(=O)(=O)N1CCCCC1C(=O)NCC1CCCO1. The number of piperidine rings is 1. The van der Waals surface area contributed by atoms with E-state index in [4.69, 9.17) is 4.74 Å². The standard InChI is InChI=1S/C12H22N2O4S/c1-19(16,17)14-7-3-2-6-11(14)12(15)13-9-10-5-4-8-18-10/h10-11H,2-9H2,1H3,(H,13,15). The first-order chi connectivity index (χ1) is 8.98. The van der Waals surface area contributed by atoms with Crippen molar-refractivity contribution in [1.82, 2.24) is 9.62 Å². The van der Waals surface area contributed by atoms with Crippen molar-refractivity contribution in [3.63, 3.8) is 0 Å². The van der Waals surface area contributed by atoms with Gasteiger partial charge in [-0.05, 0) is 25.7 Å². The fourth-order valence-corrected chi connectivity index (χ4v) is 3.83. The van der Waals surface area contributed by atoms with E-state index in [-0.39, 0.29) is 12.0 Å². The summed E-state index contributed by atoms with van der Waals surface area (Å²) in [6, 6.07) is -0.551.